The third-order valence-electron chi connectivity index (χ3n) is 8.88. The average molecular weight is 555 g/mol. The lowest BCUT2D eigenvalue weighted by molar-refractivity contribution is -0.134. The first-order valence-corrected chi connectivity index (χ1v) is 13.9. The van der Waals surface area contributed by atoms with E-state index < -0.39 is 6.17 Å². The zero-order valence-corrected chi connectivity index (χ0v) is 22.9. The van der Waals surface area contributed by atoms with Crippen LogP contribution in [0.1, 0.15) is 56.9 Å². The number of hydrogen-bond donors (Lipinski definition) is 0. The lowest BCUT2D eigenvalue weighted by Gasteiger charge is -2.43. The van der Waals surface area contributed by atoms with Gasteiger partial charge in [-0.25, -0.2) is 0 Å². The maximum Gasteiger partial charge on any atom is 0.264 e. The molecule has 7 rings (SSSR count). The number of anilines is 1. The molecule has 3 aromatic rings. The monoisotopic (exact) mass is 554 g/mol. The zero-order valence-electron chi connectivity index (χ0n) is 22.9. The van der Waals surface area contributed by atoms with Gasteiger partial charge < -0.3 is 23.8 Å². The van der Waals surface area contributed by atoms with Crippen molar-refractivity contribution >= 4 is 23.4 Å². The first kappa shape index (κ1) is 25.4. The number of hydrogen-bond acceptors (Lipinski definition) is 6. The number of ether oxygens (including phenoxy) is 2. The van der Waals surface area contributed by atoms with Crippen molar-refractivity contribution in [2.24, 2.45) is 5.92 Å². The number of rotatable bonds is 5. The molecule has 1 saturated heterocycles. The molecule has 0 spiro atoms. The van der Waals surface area contributed by atoms with E-state index in [-0.39, 0.29) is 48.1 Å². The van der Waals surface area contributed by atoms with E-state index in [0.717, 1.165) is 12.1 Å². The van der Waals surface area contributed by atoms with E-state index in [9.17, 15) is 19.2 Å². The molecule has 3 unspecified atom stereocenters. The molecule has 1 aromatic heterocycles. The lowest BCUT2D eigenvalue weighted by Crippen LogP contribution is -2.51. The Kier molecular flexibility index (Phi) is 5.88. The summed E-state index contributed by atoms with van der Waals surface area (Å²) >= 11 is 0. The standard InChI is InChI=1S/C31H30N4O6/c1-40-24-11-10-21-27(28(24)41-2)31(39)35-23-7-4-3-6-20(23)30(38)33(29(21)35)13-12-25(36)32-15-18-14-19(17-32)22-8-5-9-26(37)34(22)16-18/h3-11,18-19,29H,12-17H2,1-2H3. The Morgan fingerprint density at radius 1 is 0.902 bits per heavy atom. The topological polar surface area (TPSA) is 101 Å². The Morgan fingerprint density at radius 3 is 2.54 bits per heavy atom. The van der Waals surface area contributed by atoms with Crippen LogP contribution in [0.15, 0.2) is 59.4 Å². The number of methoxy groups -OCH3 is 2. The zero-order chi connectivity index (χ0) is 28.4. The molecule has 3 amide bonds. The van der Waals surface area contributed by atoms with E-state index >= 15 is 0 Å². The number of nitrogens with zero attached hydrogens (tertiary/aromatic N) is 4. The van der Waals surface area contributed by atoms with Crippen LogP contribution in [0.5, 0.6) is 11.5 Å². The fourth-order valence-electron chi connectivity index (χ4n) is 7.13. The second-order valence-corrected chi connectivity index (χ2v) is 11.1. The van der Waals surface area contributed by atoms with Crippen molar-refractivity contribution in [3.05, 3.63) is 87.3 Å². The maximum absolute atomic E-state index is 13.9. The van der Waals surface area contributed by atoms with Gasteiger partial charge in [-0.05, 0) is 36.6 Å². The Bertz CT molecular complexity index is 1660. The molecule has 3 atom stereocenters. The molecule has 0 saturated carbocycles. The van der Waals surface area contributed by atoms with E-state index in [0.29, 0.717) is 53.5 Å². The van der Waals surface area contributed by atoms with Crippen LogP contribution in [0.2, 0.25) is 0 Å². The predicted molar refractivity (Wildman–Crippen MR) is 149 cm³/mol. The summed E-state index contributed by atoms with van der Waals surface area (Å²) in [5.74, 6) is 0.530. The molecule has 10 nitrogen and oxygen atoms in total. The van der Waals surface area contributed by atoms with Gasteiger partial charge >= 0.3 is 0 Å². The van der Waals surface area contributed by atoms with Gasteiger partial charge in [0.05, 0.1) is 31.0 Å². The smallest absolute Gasteiger partial charge is 0.264 e. The Hall–Kier alpha value is -4.60. The minimum absolute atomic E-state index is 0.00562. The van der Waals surface area contributed by atoms with Gasteiger partial charge in [0, 0.05) is 55.8 Å². The number of amides is 3. The summed E-state index contributed by atoms with van der Waals surface area (Å²) in [7, 11) is 3.00. The SMILES string of the molecule is COc1ccc2c(c1OC)C(=O)N1c3ccccc3C(=O)N(CCC(=O)N3CC4CC(C3)c3cccc(=O)n3C4)C21. The van der Waals surface area contributed by atoms with Crippen molar-refractivity contribution in [2.75, 3.05) is 38.8 Å². The van der Waals surface area contributed by atoms with Crippen LogP contribution in [-0.4, -0.2) is 65.9 Å². The van der Waals surface area contributed by atoms with Crippen LogP contribution in [-0.2, 0) is 11.3 Å². The van der Waals surface area contributed by atoms with Crippen LogP contribution in [0.25, 0.3) is 0 Å². The molecule has 1 fully saturated rings. The number of likely N-dealkylation sites (tertiary alicyclic amines) is 1. The molecule has 0 radical (unpaired) electrons. The summed E-state index contributed by atoms with van der Waals surface area (Å²) in [6.45, 7) is 1.89. The van der Waals surface area contributed by atoms with Crippen molar-refractivity contribution in [2.45, 2.75) is 31.5 Å². The molecular formula is C31H30N4O6. The minimum atomic E-state index is -0.702. The lowest BCUT2D eigenvalue weighted by atomic mass is 9.83. The number of fused-ring (bicyclic) bond motifs is 9. The van der Waals surface area contributed by atoms with Crippen LogP contribution in [0, 0.1) is 5.92 Å². The molecule has 4 aliphatic heterocycles. The van der Waals surface area contributed by atoms with Gasteiger partial charge in [-0.1, -0.05) is 24.3 Å². The number of carbonyl (C=O) groups is 3. The van der Waals surface area contributed by atoms with Crippen LogP contribution in [0.3, 0.4) is 0 Å². The Morgan fingerprint density at radius 2 is 1.73 bits per heavy atom. The Labute approximate surface area is 236 Å². The molecule has 210 valence electrons. The van der Waals surface area contributed by atoms with Gasteiger partial charge in [-0.3, -0.25) is 24.1 Å². The number of aromatic nitrogens is 1. The highest BCUT2D eigenvalue weighted by Crippen LogP contribution is 2.49. The van der Waals surface area contributed by atoms with Gasteiger partial charge in [0.1, 0.15) is 6.17 Å². The van der Waals surface area contributed by atoms with Crippen molar-refractivity contribution in [1.82, 2.24) is 14.4 Å². The van der Waals surface area contributed by atoms with Gasteiger partial charge in [-0.2, -0.15) is 0 Å². The normalized spacial score (nSPS) is 22.1. The highest BCUT2D eigenvalue weighted by Gasteiger charge is 2.49. The Balaban J connectivity index is 1.18. The summed E-state index contributed by atoms with van der Waals surface area (Å²) in [6.07, 6.45) is 0.373. The van der Waals surface area contributed by atoms with Gasteiger partial charge in [0.15, 0.2) is 11.5 Å². The molecule has 4 aliphatic rings. The van der Waals surface area contributed by atoms with Crippen LogP contribution >= 0.6 is 0 Å². The summed E-state index contributed by atoms with van der Waals surface area (Å²) in [5, 5.41) is 0. The second-order valence-electron chi connectivity index (χ2n) is 11.1. The number of carbonyl (C=O) groups excluding carboxylic acids is 3. The third-order valence-corrected chi connectivity index (χ3v) is 8.88. The first-order valence-electron chi connectivity index (χ1n) is 13.9. The van der Waals surface area contributed by atoms with E-state index in [4.69, 9.17) is 9.47 Å². The average Bonchev–Trinajstić information content (AvgIpc) is 3.29. The van der Waals surface area contributed by atoms with E-state index in [1.807, 2.05) is 15.5 Å². The number of piperidine rings is 1. The minimum Gasteiger partial charge on any atom is -0.493 e. The summed E-state index contributed by atoms with van der Waals surface area (Å²) in [4.78, 5) is 58.8. The van der Waals surface area contributed by atoms with E-state index in [1.54, 1.807) is 58.3 Å². The van der Waals surface area contributed by atoms with Crippen molar-refractivity contribution in [3.63, 3.8) is 0 Å². The highest BCUT2D eigenvalue weighted by molar-refractivity contribution is 6.18. The quantitative estimate of drug-likeness (QED) is 0.481. The van der Waals surface area contributed by atoms with Crippen LogP contribution in [0.4, 0.5) is 5.69 Å². The van der Waals surface area contributed by atoms with Crippen LogP contribution < -0.4 is 19.9 Å². The fourth-order valence-corrected chi connectivity index (χ4v) is 7.13. The van der Waals surface area contributed by atoms with E-state index in [2.05, 4.69) is 0 Å². The summed E-state index contributed by atoms with van der Waals surface area (Å²) in [6, 6.07) is 15.9. The van der Waals surface area contributed by atoms with E-state index in [1.165, 1.54) is 14.2 Å². The summed E-state index contributed by atoms with van der Waals surface area (Å²) < 4.78 is 12.9. The number of benzene rings is 2. The largest absolute Gasteiger partial charge is 0.493 e. The molecule has 0 N–H and O–H groups in total. The van der Waals surface area contributed by atoms with Gasteiger partial charge in [0.2, 0.25) is 5.91 Å². The predicted octanol–water partition coefficient (Wildman–Crippen LogP) is 3.02. The maximum atomic E-state index is 13.9. The summed E-state index contributed by atoms with van der Waals surface area (Å²) in [5.41, 5.74) is 2.93. The molecule has 5 heterocycles. The highest BCUT2D eigenvalue weighted by atomic mass is 16.5. The first-order chi connectivity index (χ1) is 19.9. The number of para-hydroxylation sites is 1. The van der Waals surface area contributed by atoms with Crippen molar-refractivity contribution in [3.8, 4) is 11.5 Å². The van der Waals surface area contributed by atoms with Gasteiger partial charge in [0.25, 0.3) is 17.4 Å². The molecule has 2 aromatic carbocycles. The third kappa shape index (κ3) is 3.77. The molecule has 0 aliphatic carbocycles. The number of pyridine rings is 1. The van der Waals surface area contributed by atoms with Crippen molar-refractivity contribution in [1.29, 1.82) is 0 Å². The molecular weight excluding hydrogens is 524 g/mol. The fraction of sp³-hybridized carbons (Fsp3) is 0.355. The van der Waals surface area contributed by atoms with Crippen molar-refractivity contribution < 1.29 is 23.9 Å². The molecule has 41 heavy (non-hydrogen) atoms. The van der Waals surface area contributed by atoms with Gasteiger partial charge in [-0.15, -0.1) is 0 Å². The molecule has 2 bridgehead atoms. The molecule has 10 heteroatoms. The second kappa shape index (κ2) is 9.50.